The first kappa shape index (κ1) is 13.8. The molecule has 1 aromatic rings. The maximum Gasteiger partial charge on any atom is 0.307 e. The van der Waals surface area contributed by atoms with Crippen LogP contribution in [0.3, 0.4) is 0 Å². The average Bonchev–Trinajstić information content (AvgIpc) is 2.35. The van der Waals surface area contributed by atoms with Gasteiger partial charge in [0.25, 0.3) is 5.69 Å². The van der Waals surface area contributed by atoms with E-state index in [1.165, 1.54) is 6.07 Å². The number of hydrogen-bond donors (Lipinski definition) is 0. The molecule has 98 valence electrons. The lowest BCUT2D eigenvalue weighted by Gasteiger charge is -2.09. The molecule has 0 N–H and O–H groups in total. The number of rotatable bonds is 4. The standard InChI is InChI=1S/C8H5N5O6/c1-10(13(18)19)8-6(11(14)15)2-5(4-9)3-7(8)12(16)17/h2-3H,1H3. The van der Waals surface area contributed by atoms with Crippen LogP contribution in [0.5, 0.6) is 0 Å². The maximum atomic E-state index is 10.8. The molecule has 1 aromatic carbocycles. The molecule has 0 saturated heterocycles. The van der Waals surface area contributed by atoms with Gasteiger partial charge in [-0.05, 0) is 0 Å². The molecule has 0 heterocycles. The normalized spacial score (nSPS) is 9.47. The third-order valence-electron chi connectivity index (χ3n) is 2.16. The molecule has 0 radical (unpaired) electrons. The van der Waals surface area contributed by atoms with Crippen LogP contribution in [0.2, 0.25) is 0 Å². The Morgan fingerprint density at radius 1 is 1.11 bits per heavy atom. The second-order valence-electron chi connectivity index (χ2n) is 3.25. The Kier molecular flexibility index (Phi) is 3.57. The Morgan fingerprint density at radius 3 is 1.79 bits per heavy atom. The Morgan fingerprint density at radius 2 is 1.53 bits per heavy atom. The molecule has 11 heteroatoms. The number of nitrogens with zero attached hydrogens (tertiary/aromatic N) is 5. The van der Waals surface area contributed by atoms with Gasteiger partial charge in [0.05, 0.1) is 28.5 Å². The summed E-state index contributed by atoms with van der Waals surface area (Å²) in [5.74, 6) is 0. The summed E-state index contributed by atoms with van der Waals surface area (Å²) in [6.45, 7) is 0. The number of nitro groups is 3. The number of nitriles is 1. The Bertz CT molecular complexity index is 586. The van der Waals surface area contributed by atoms with Gasteiger partial charge < -0.3 is 0 Å². The van der Waals surface area contributed by atoms with E-state index in [-0.39, 0.29) is 10.6 Å². The lowest BCUT2D eigenvalue weighted by atomic mass is 10.1. The Balaban J connectivity index is 3.74. The minimum atomic E-state index is -1.04. The van der Waals surface area contributed by atoms with Gasteiger partial charge in [-0.2, -0.15) is 5.26 Å². The van der Waals surface area contributed by atoms with Crippen LogP contribution in [0, 0.1) is 41.7 Å². The van der Waals surface area contributed by atoms with Crippen molar-refractivity contribution in [1.29, 1.82) is 5.26 Å². The van der Waals surface area contributed by atoms with Gasteiger partial charge in [0.2, 0.25) is 0 Å². The van der Waals surface area contributed by atoms with Gasteiger partial charge in [0, 0.05) is 12.1 Å². The Hall–Kier alpha value is -3.29. The van der Waals surface area contributed by atoms with Crippen molar-refractivity contribution < 1.29 is 14.9 Å². The van der Waals surface area contributed by atoms with E-state index < -0.39 is 31.9 Å². The third-order valence-corrected chi connectivity index (χ3v) is 2.16. The van der Waals surface area contributed by atoms with E-state index in [4.69, 9.17) is 5.26 Å². The summed E-state index contributed by atoms with van der Waals surface area (Å²) in [4.78, 5) is 30.2. The van der Waals surface area contributed by atoms with Gasteiger partial charge in [-0.3, -0.25) is 20.2 Å². The highest BCUT2D eigenvalue weighted by Gasteiger charge is 2.34. The number of anilines is 1. The van der Waals surface area contributed by atoms with Crippen LogP contribution >= 0.6 is 0 Å². The maximum absolute atomic E-state index is 10.8. The summed E-state index contributed by atoms with van der Waals surface area (Å²) in [6, 6.07) is 2.99. The van der Waals surface area contributed by atoms with Gasteiger partial charge in [-0.1, -0.05) is 5.01 Å². The van der Waals surface area contributed by atoms with Crippen molar-refractivity contribution in [2.45, 2.75) is 0 Å². The van der Waals surface area contributed by atoms with Crippen LogP contribution in [0.25, 0.3) is 0 Å². The molecular formula is C8H5N5O6. The number of hydrogen-bond acceptors (Lipinski definition) is 7. The molecule has 0 aromatic heterocycles. The molecule has 0 fully saturated rings. The minimum Gasteiger partial charge on any atom is -0.258 e. The van der Waals surface area contributed by atoms with E-state index in [2.05, 4.69) is 0 Å². The molecule has 1 rings (SSSR count). The van der Waals surface area contributed by atoms with Gasteiger partial charge in [0.15, 0.2) is 5.03 Å². The van der Waals surface area contributed by atoms with Crippen molar-refractivity contribution in [2.24, 2.45) is 0 Å². The summed E-state index contributed by atoms with van der Waals surface area (Å²) in [7, 11) is 0.835. The zero-order valence-electron chi connectivity index (χ0n) is 9.34. The molecule has 0 spiro atoms. The van der Waals surface area contributed by atoms with Crippen LogP contribution < -0.4 is 5.01 Å². The van der Waals surface area contributed by atoms with Gasteiger partial charge >= 0.3 is 11.4 Å². The first-order chi connectivity index (χ1) is 8.79. The molecule has 0 aliphatic rings. The van der Waals surface area contributed by atoms with Gasteiger partial charge in [-0.15, -0.1) is 0 Å². The third kappa shape index (κ3) is 2.52. The van der Waals surface area contributed by atoms with Crippen molar-refractivity contribution in [3.05, 3.63) is 48.0 Å². The number of hydrazine groups is 1. The van der Waals surface area contributed by atoms with Crippen molar-refractivity contribution >= 4 is 17.1 Å². The van der Waals surface area contributed by atoms with Crippen molar-refractivity contribution in [2.75, 3.05) is 12.1 Å². The molecule has 0 saturated carbocycles. The predicted molar refractivity (Wildman–Crippen MR) is 59.9 cm³/mol. The van der Waals surface area contributed by atoms with Crippen LogP contribution in [0.4, 0.5) is 17.1 Å². The van der Waals surface area contributed by atoms with Crippen molar-refractivity contribution in [3.8, 4) is 6.07 Å². The quantitative estimate of drug-likeness (QED) is 0.577. The zero-order valence-corrected chi connectivity index (χ0v) is 9.34. The minimum absolute atomic E-state index is 0.164. The van der Waals surface area contributed by atoms with Crippen molar-refractivity contribution in [3.63, 3.8) is 0 Å². The van der Waals surface area contributed by atoms with Crippen molar-refractivity contribution in [1.82, 2.24) is 0 Å². The van der Waals surface area contributed by atoms with Crippen LogP contribution in [0.1, 0.15) is 5.56 Å². The fourth-order valence-corrected chi connectivity index (χ4v) is 1.36. The highest BCUT2D eigenvalue weighted by molar-refractivity contribution is 5.75. The molecule has 0 atom stereocenters. The smallest absolute Gasteiger partial charge is 0.258 e. The molecule has 0 aliphatic carbocycles. The number of benzene rings is 1. The second kappa shape index (κ2) is 4.92. The predicted octanol–water partition coefficient (Wildman–Crippen LogP) is 1.00. The fraction of sp³-hybridized carbons (Fsp3) is 0.125. The first-order valence-corrected chi connectivity index (χ1v) is 4.54. The van der Waals surface area contributed by atoms with E-state index in [1.807, 2.05) is 0 Å². The summed E-state index contributed by atoms with van der Waals surface area (Å²) in [6.07, 6.45) is 0. The average molecular weight is 267 g/mol. The van der Waals surface area contributed by atoms with E-state index in [0.29, 0.717) is 0 Å². The Labute approximate surface area is 104 Å². The van der Waals surface area contributed by atoms with E-state index in [1.54, 1.807) is 0 Å². The summed E-state index contributed by atoms with van der Waals surface area (Å²) in [5.41, 5.74) is -2.90. The topological polar surface area (TPSA) is 156 Å². The van der Waals surface area contributed by atoms with Gasteiger partial charge in [-0.25, -0.2) is 10.1 Å². The molecule has 11 nitrogen and oxygen atoms in total. The molecule has 0 bridgehead atoms. The molecule has 0 unspecified atom stereocenters. The second-order valence-corrected chi connectivity index (χ2v) is 3.25. The lowest BCUT2D eigenvalue weighted by Crippen LogP contribution is -2.26. The summed E-state index contributed by atoms with van der Waals surface area (Å²) < 4.78 is 0. The van der Waals surface area contributed by atoms with Crippen LogP contribution in [0.15, 0.2) is 12.1 Å². The lowest BCUT2D eigenvalue weighted by molar-refractivity contribution is -0.493. The van der Waals surface area contributed by atoms with Crippen LogP contribution in [-0.2, 0) is 0 Å². The SMILES string of the molecule is CN(c1c([N+](=O)[O-])cc(C#N)cc1[N+](=O)[O-])[N+](=O)[O-]. The highest BCUT2D eigenvalue weighted by Crippen LogP contribution is 2.37. The molecule has 0 aliphatic heterocycles. The zero-order chi connectivity index (χ0) is 14.7. The highest BCUT2D eigenvalue weighted by atomic mass is 16.7. The monoisotopic (exact) mass is 267 g/mol. The fourth-order valence-electron chi connectivity index (χ4n) is 1.36. The first-order valence-electron chi connectivity index (χ1n) is 4.54. The molecular weight excluding hydrogens is 262 g/mol. The molecule has 0 amide bonds. The molecule has 19 heavy (non-hydrogen) atoms. The summed E-state index contributed by atoms with van der Waals surface area (Å²) in [5, 5.41) is 40.0. The van der Waals surface area contributed by atoms with Crippen LogP contribution in [-0.4, -0.2) is 21.9 Å². The summed E-state index contributed by atoms with van der Waals surface area (Å²) >= 11 is 0. The van der Waals surface area contributed by atoms with E-state index in [9.17, 15) is 30.3 Å². The van der Waals surface area contributed by atoms with E-state index >= 15 is 0 Å². The number of nitro benzene ring substituents is 2. The van der Waals surface area contributed by atoms with Gasteiger partial charge in [0.1, 0.15) is 0 Å². The largest absolute Gasteiger partial charge is 0.307 e. The van der Waals surface area contributed by atoms with E-state index in [0.717, 1.165) is 19.2 Å².